The van der Waals surface area contributed by atoms with E-state index >= 15 is 0 Å². The fraction of sp³-hybridized carbons (Fsp3) is 0.154. The van der Waals surface area contributed by atoms with Gasteiger partial charge < -0.3 is 14.8 Å². The Balaban J connectivity index is 1.80. The number of nitriles is 1. The van der Waals surface area contributed by atoms with E-state index in [0.29, 0.717) is 12.4 Å². The fourth-order valence-corrected chi connectivity index (χ4v) is 1.86. The van der Waals surface area contributed by atoms with E-state index in [0.717, 1.165) is 17.1 Å². The van der Waals surface area contributed by atoms with Crippen molar-refractivity contribution in [1.29, 1.82) is 5.26 Å². The number of fused-ring (bicyclic) bond motifs is 1. The second kappa shape index (κ2) is 4.82. The quantitative estimate of drug-likeness (QED) is 0.897. The molecule has 1 N–H and O–H groups in total. The first-order valence-corrected chi connectivity index (χ1v) is 5.71. The fourth-order valence-electron chi connectivity index (χ4n) is 1.86. The van der Waals surface area contributed by atoms with Crippen LogP contribution in [0.4, 0.5) is 5.82 Å². The van der Waals surface area contributed by atoms with Gasteiger partial charge in [-0.25, -0.2) is 9.97 Å². The van der Waals surface area contributed by atoms with Gasteiger partial charge in [0.1, 0.15) is 6.07 Å². The Bertz CT molecular complexity index is 651. The Kier molecular flexibility index (Phi) is 2.86. The molecule has 1 aliphatic rings. The highest BCUT2D eigenvalue weighted by Gasteiger charge is 2.17. The lowest BCUT2D eigenvalue weighted by atomic mass is 10.2. The molecule has 6 heteroatoms. The molecular weight excluding hydrogens is 244 g/mol. The van der Waals surface area contributed by atoms with Crippen molar-refractivity contribution in [2.45, 2.75) is 6.54 Å². The number of hydrogen-bond acceptors (Lipinski definition) is 6. The number of nitrogens with one attached hydrogen (secondary N) is 1. The van der Waals surface area contributed by atoms with E-state index in [1.807, 2.05) is 24.3 Å². The highest BCUT2D eigenvalue weighted by Crippen LogP contribution is 2.35. The molecule has 0 bridgehead atoms. The van der Waals surface area contributed by atoms with Gasteiger partial charge in [0.05, 0.1) is 0 Å². The second-order valence-electron chi connectivity index (χ2n) is 3.87. The predicted octanol–water partition coefficient (Wildman–Crippen LogP) is 1.69. The maximum atomic E-state index is 8.93. The molecule has 0 unspecified atom stereocenters. The highest BCUT2D eigenvalue weighted by molar-refractivity contribution is 5.51. The number of anilines is 1. The number of benzene rings is 1. The molecule has 0 radical (unpaired) electrons. The monoisotopic (exact) mass is 254 g/mol. The standard InChI is InChI=1S/C13H10N4O2/c14-6-10-13(16-5-4-15-10)17-7-9-2-1-3-11-12(9)19-8-18-11/h1-5H,7-8H2,(H,16,17). The smallest absolute Gasteiger partial charge is 0.231 e. The Hall–Kier alpha value is -2.81. The van der Waals surface area contributed by atoms with Crippen LogP contribution in [0.1, 0.15) is 11.3 Å². The van der Waals surface area contributed by atoms with Crippen LogP contribution in [0.3, 0.4) is 0 Å². The molecule has 19 heavy (non-hydrogen) atoms. The lowest BCUT2D eigenvalue weighted by molar-refractivity contribution is 0.173. The minimum absolute atomic E-state index is 0.237. The van der Waals surface area contributed by atoms with Crippen LogP contribution < -0.4 is 14.8 Å². The van der Waals surface area contributed by atoms with Crippen molar-refractivity contribution in [3.05, 3.63) is 41.9 Å². The van der Waals surface area contributed by atoms with Gasteiger partial charge in [0.15, 0.2) is 23.0 Å². The summed E-state index contributed by atoms with van der Waals surface area (Å²) in [7, 11) is 0. The number of nitrogens with zero attached hydrogens (tertiary/aromatic N) is 3. The van der Waals surface area contributed by atoms with Crippen molar-refractivity contribution >= 4 is 5.82 Å². The summed E-state index contributed by atoms with van der Waals surface area (Å²) in [5, 5.41) is 12.0. The third-order valence-corrected chi connectivity index (χ3v) is 2.73. The van der Waals surface area contributed by atoms with Gasteiger partial charge in [-0.15, -0.1) is 0 Å². The summed E-state index contributed by atoms with van der Waals surface area (Å²) < 4.78 is 10.7. The highest BCUT2D eigenvalue weighted by atomic mass is 16.7. The van der Waals surface area contributed by atoms with E-state index in [1.54, 1.807) is 0 Å². The van der Waals surface area contributed by atoms with Crippen LogP contribution >= 0.6 is 0 Å². The van der Waals surface area contributed by atoms with Crippen LogP contribution in [-0.2, 0) is 6.54 Å². The topological polar surface area (TPSA) is 80.1 Å². The van der Waals surface area contributed by atoms with Crippen molar-refractivity contribution in [2.24, 2.45) is 0 Å². The average Bonchev–Trinajstić information content (AvgIpc) is 2.94. The molecule has 0 amide bonds. The van der Waals surface area contributed by atoms with Gasteiger partial charge in [0, 0.05) is 24.5 Å². The van der Waals surface area contributed by atoms with Crippen LogP contribution in [0.2, 0.25) is 0 Å². The molecule has 0 saturated heterocycles. The van der Waals surface area contributed by atoms with Gasteiger partial charge in [0.25, 0.3) is 0 Å². The Morgan fingerprint density at radius 3 is 3.05 bits per heavy atom. The lowest BCUT2D eigenvalue weighted by Gasteiger charge is -2.08. The van der Waals surface area contributed by atoms with Crippen LogP contribution in [0.25, 0.3) is 0 Å². The van der Waals surface area contributed by atoms with E-state index in [9.17, 15) is 0 Å². The summed E-state index contributed by atoms with van der Waals surface area (Å²) in [5.41, 5.74) is 1.22. The van der Waals surface area contributed by atoms with Crippen LogP contribution in [0.15, 0.2) is 30.6 Å². The molecule has 94 valence electrons. The van der Waals surface area contributed by atoms with Gasteiger partial charge in [-0.1, -0.05) is 12.1 Å². The molecule has 0 fully saturated rings. The molecular formula is C13H10N4O2. The zero-order valence-electron chi connectivity index (χ0n) is 9.96. The number of hydrogen-bond donors (Lipinski definition) is 1. The summed E-state index contributed by atoms with van der Waals surface area (Å²) in [4.78, 5) is 8.03. The Morgan fingerprint density at radius 2 is 2.16 bits per heavy atom. The first-order valence-electron chi connectivity index (χ1n) is 5.71. The molecule has 3 rings (SSSR count). The predicted molar refractivity (Wildman–Crippen MR) is 66.6 cm³/mol. The maximum Gasteiger partial charge on any atom is 0.231 e. The third-order valence-electron chi connectivity index (χ3n) is 2.73. The third kappa shape index (κ3) is 2.13. The summed E-state index contributed by atoms with van der Waals surface area (Å²) in [6.45, 7) is 0.723. The van der Waals surface area contributed by atoms with Crippen molar-refractivity contribution in [3.63, 3.8) is 0 Å². The van der Waals surface area contributed by atoms with Crippen molar-refractivity contribution in [3.8, 4) is 17.6 Å². The number of para-hydroxylation sites is 1. The molecule has 2 heterocycles. The van der Waals surface area contributed by atoms with Gasteiger partial charge in [-0.3, -0.25) is 0 Å². The van der Waals surface area contributed by atoms with E-state index in [1.165, 1.54) is 12.4 Å². The summed E-state index contributed by atoms with van der Waals surface area (Å²) in [6.07, 6.45) is 3.03. The number of ether oxygens (including phenoxy) is 2. The van der Waals surface area contributed by atoms with Crippen molar-refractivity contribution in [2.75, 3.05) is 12.1 Å². The van der Waals surface area contributed by atoms with Gasteiger partial charge >= 0.3 is 0 Å². The molecule has 2 aromatic rings. The molecule has 6 nitrogen and oxygen atoms in total. The minimum atomic E-state index is 0.237. The number of aromatic nitrogens is 2. The largest absolute Gasteiger partial charge is 0.454 e. The second-order valence-corrected chi connectivity index (χ2v) is 3.87. The van der Waals surface area contributed by atoms with Gasteiger partial charge in [0.2, 0.25) is 6.79 Å². The first-order chi connectivity index (χ1) is 9.38. The summed E-state index contributed by atoms with van der Waals surface area (Å²) in [5.74, 6) is 1.93. The van der Waals surface area contributed by atoms with Crippen molar-refractivity contribution in [1.82, 2.24) is 9.97 Å². The zero-order valence-corrected chi connectivity index (χ0v) is 9.96. The molecule has 1 aromatic carbocycles. The number of rotatable bonds is 3. The molecule has 0 atom stereocenters. The zero-order chi connectivity index (χ0) is 13.1. The van der Waals surface area contributed by atoms with E-state index < -0.39 is 0 Å². The first kappa shape index (κ1) is 11.3. The normalized spacial score (nSPS) is 11.9. The minimum Gasteiger partial charge on any atom is -0.454 e. The average molecular weight is 254 g/mol. The van der Waals surface area contributed by atoms with E-state index in [4.69, 9.17) is 14.7 Å². The maximum absolute atomic E-state index is 8.93. The van der Waals surface area contributed by atoms with Crippen LogP contribution in [-0.4, -0.2) is 16.8 Å². The van der Waals surface area contributed by atoms with Gasteiger partial charge in [-0.05, 0) is 6.07 Å². The van der Waals surface area contributed by atoms with E-state index in [2.05, 4.69) is 15.3 Å². The molecule has 0 saturated carbocycles. The van der Waals surface area contributed by atoms with E-state index in [-0.39, 0.29) is 12.5 Å². The summed E-state index contributed by atoms with van der Waals surface area (Å²) in [6, 6.07) is 7.68. The summed E-state index contributed by atoms with van der Waals surface area (Å²) >= 11 is 0. The van der Waals surface area contributed by atoms with Gasteiger partial charge in [-0.2, -0.15) is 5.26 Å². The van der Waals surface area contributed by atoms with Crippen molar-refractivity contribution < 1.29 is 9.47 Å². The Morgan fingerprint density at radius 1 is 1.26 bits per heavy atom. The Labute approximate surface area is 109 Å². The van der Waals surface area contributed by atoms with Crippen LogP contribution in [0.5, 0.6) is 11.5 Å². The molecule has 0 aliphatic carbocycles. The molecule has 0 spiro atoms. The SMILES string of the molecule is N#Cc1nccnc1NCc1cccc2c1OCO2. The van der Waals surface area contributed by atoms with Crippen LogP contribution in [0, 0.1) is 11.3 Å². The lowest BCUT2D eigenvalue weighted by Crippen LogP contribution is -2.05. The molecule has 1 aromatic heterocycles. The molecule has 1 aliphatic heterocycles.